The van der Waals surface area contributed by atoms with E-state index < -0.39 is 0 Å². The molecule has 114 valence electrons. The van der Waals surface area contributed by atoms with Crippen LogP contribution in [-0.2, 0) is 4.79 Å². The lowest BCUT2D eigenvalue weighted by Gasteiger charge is -2.45. The van der Waals surface area contributed by atoms with E-state index in [2.05, 4.69) is 29.0 Å². The highest BCUT2D eigenvalue weighted by atomic mass is 35.5. The minimum Gasteiger partial charge on any atom is -0.340 e. The number of amides is 1. The summed E-state index contributed by atoms with van der Waals surface area (Å²) in [7, 11) is 0. The number of hydrogen-bond acceptors (Lipinski definition) is 3. The molecule has 1 N–H and O–H groups in total. The summed E-state index contributed by atoms with van der Waals surface area (Å²) < 4.78 is 0. The molecule has 1 aromatic heterocycles. The summed E-state index contributed by atoms with van der Waals surface area (Å²) in [4.78, 5) is 18.9. The SMILES string of the molecule is C[C@@H]1C(=O)Nc2ccc(Cl)nc2N1C1CCC(C)(C)CC1. The summed E-state index contributed by atoms with van der Waals surface area (Å²) in [5, 5.41) is 3.39. The highest BCUT2D eigenvalue weighted by molar-refractivity contribution is 6.29. The fraction of sp³-hybridized carbons (Fsp3) is 0.625. The van der Waals surface area contributed by atoms with Crippen LogP contribution < -0.4 is 10.2 Å². The van der Waals surface area contributed by atoms with Crippen LogP contribution in [0.2, 0.25) is 5.15 Å². The molecule has 0 radical (unpaired) electrons. The lowest BCUT2D eigenvalue weighted by molar-refractivity contribution is -0.117. The van der Waals surface area contributed by atoms with Crippen LogP contribution in [0.3, 0.4) is 0 Å². The number of aromatic nitrogens is 1. The van der Waals surface area contributed by atoms with Gasteiger partial charge in [-0.15, -0.1) is 0 Å². The number of fused-ring (bicyclic) bond motifs is 1. The maximum atomic E-state index is 12.2. The molecule has 3 rings (SSSR count). The van der Waals surface area contributed by atoms with E-state index in [4.69, 9.17) is 11.6 Å². The van der Waals surface area contributed by atoms with Crippen LogP contribution in [0.15, 0.2) is 12.1 Å². The first-order valence-corrected chi connectivity index (χ1v) is 8.01. The molecule has 0 spiro atoms. The Kier molecular flexibility index (Phi) is 3.60. The van der Waals surface area contributed by atoms with Gasteiger partial charge in [0.25, 0.3) is 0 Å². The van der Waals surface area contributed by atoms with Crippen LogP contribution in [-0.4, -0.2) is 23.0 Å². The Labute approximate surface area is 130 Å². The average molecular weight is 308 g/mol. The monoisotopic (exact) mass is 307 g/mol. The van der Waals surface area contributed by atoms with E-state index >= 15 is 0 Å². The van der Waals surface area contributed by atoms with E-state index in [0.717, 1.165) is 24.3 Å². The Hall–Kier alpha value is -1.29. The topological polar surface area (TPSA) is 45.2 Å². The predicted octanol–water partition coefficient (Wildman–Crippen LogP) is 3.85. The summed E-state index contributed by atoms with van der Waals surface area (Å²) in [6.07, 6.45) is 4.55. The molecule has 0 bridgehead atoms. The molecule has 1 fully saturated rings. The number of nitrogens with one attached hydrogen (secondary N) is 1. The van der Waals surface area contributed by atoms with E-state index in [1.807, 2.05) is 13.0 Å². The molecule has 1 amide bonds. The van der Waals surface area contributed by atoms with E-state index in [9.17, 15) is 4.79 Å². The fourth-order valence-corrected chi connectivity index (χ4v) is 3.56. The van der Waals surface area contributed by atoms with Crippen molar-refractivity contribution in [1.82, 2.24) is 4.98 Å². The molecule has 1 aliphatic carbocycles. The number of anilines is 2. The Balaban J connectivity index is 1.93. The molecule has 0 saturated heterocycles. The lowest BCUT2D eigenvalue weighted by atomic mass is 9.75. The van der Waals surface area contributed by atoms with Crippen LogP contribution >= 0.6 is 11.6 Å². The molecule has 2 aliphatic rings. The Morgan fingerprint density at radius 3 is 2.67 bits per heavy atom. The number of rotatable bonds is 1. The molecule has 5 heteroatoms. The van der Waals surface area contributed by atoms with Crippen LogP contribution in [0.4, 0.5) is 11.5 Å². The van der Waals surface area contributed by atoms with Crippen molar-refractivity contribution in [3.63, 3.8) is 0 Å². The molecule has 0 unspecified atom stereocenters. The average Bonchev–Trinajstić information content (AvgIpc) is 2.42. The van der Waals surface area contributed by atoms with Gasteiger partial charge in [-0.2, -0.15) is 0 Å². The number of carbonyl (C=O) groups is 1. The zero-order chi connectivity index (χ0) is 15.2. The molecule has 2 heterocycles. The van der Waals surface area contributed by atoms with Crippen LogP contribution in [0, 0.1) is 5.41 Å². The van der Waals surface area contributed by atoms with Gasteiger partial charge in [0.05, 0.1) is 5.69 Å². The van der Waals surface area contributed by atoms with Crippen molar-refractivity contribution in [2.45, 2.75) is 58.5 Å². The van der Waals surface area contributed by atoms with Crippen LogP contribution in [0.1, 0.15) is 46.5 Å². The predicted molar refractivity (Wildman–Crippen MR) is 85.9 cm³/mol. The second kappa shape index (κ2) is 5.16. The fourth-order valence-electron chi connectivity index (χ4n) is 3.42. The van der Waals surface area contributed by atoms with Crippen molar-refractivity contribution >= 4 is 29.0 Å². The van der Waals surface area contributed by atoms with Gasteiger partial charge in [0.1, 0.15) is 11.2 Å². The van der Waals surface area contributed by atoms with Crippen molar-refractivity contribution in [2.24, 2.45) is 5.41 Å². The zero-order valence-electron chi connectivity index (χ0n) is 12.8. The highest BCUT2D eigenvalue weighted by Gasteiger charge is 2.38. The van der Waals surface area contributed by atoms with Crippen molar-refractivity contribution in [3.05, 3.63) is 17.3 Å². The number of hydrogen-bond donors (Lipinski definition) is 1. The molecular weight excluding hydrogens is 286 g/mol. The van der Waals surface area contributed by atoms with Gasteiger partial charge < -0.3 is 10.2 Å². The van der Waals surface area contributed by atoms with E-state index in [0.29, 0.717) is 16.6 Å². The first-order chi connectivity index (χ1) is 9.87. The van der Waals surface area contributed by atoms with Gasteiger partial charge in [0, 0.05) is 6.04 Å². The van der Waals surface area contributed by atoms with Gasteiger partial charge >= 0.3 is 0 Å². The minimum atomic E-state index is -0.199. The van der Waals surface area contributed by atoms with Gasteiger partial charge in [-0.1, -0.05) is 25.4 Å². The molecule has 1 atom stereocenters. The highest BCUT2D eigenvalue weighted by Crippen LogP contribution is 2.41. The minimum absolute atomic E-state index is 0.0384. The lowest BCUT2D eigenvalue weighted by Crippen LogP contribution is -2.53. The second-order valence-electron chi connectivity index (χ2n) is 6.97. The number of carbonyl (C=O) groups excluding carboxylic acids is 1. The first-order valence-electron chi connectivity index (χ1n) is 7.63. The molecule has 0 aromatic carbocycles. The van der Waals surface area contributed by atoms with E-state index in [1.54, 1.807) is 6.07 Å². The van der Waals surface area contributed by atoms with Crippen molar-refractivity contribution in [3.8, 4) is 0 Å². The van der Waals surface area contributed by atoms with Gasteiger partial charge in [0.15, 0.2) is 5.82 Å². The summed E-state index contributed by atoms with van der Waals surface area (Å²) >= 11 is 6.06. The summed E-state index contributed by atoms with van der Waals surface area (Å²) in [6, 6.07) is 3.73. The molecule has 4 nitrogen and oxygen atoms in total. The molecule has 1 aliphatic heterocycles. The van der Waals surface area contributed by atoms with Gasteiger partial charge in [-0.25, -0.2) is 4.98 Å². The zero-order valence-corrected chi connectivity index (χ0v) is 13.6. The van der Waals surface area contributed by atoms with Gasteiger partial charge in [-0.05, 0) is 50.2 Å². The van der Waals surface area contributed by atoms with E-state index in [1.165, 1.54) is 12.8 Å². The van der Waals surface area contributed by atoms with E-state index in [-0.39, 0.29) is 11.9 Å². The number of nitrogens with zero attached hydrogens (tertiary/aromatic N) is 2. The first kappa shape index (κ1) is 14.6. The Morgan fingerprint density at radius 2 is 2.00 bits per heavy atom. The third kappa shape index (κ3) is 2.73. The number of pyridine rings is 1. The molecule has 21 heavy (non-hydrogen) atoms. The molecule has 1 saturated carbocycles. The largest absolute Gasteiger partial charge is 0.340 e. The van der Waals surface area contributed by atoms with Gasteiger partial charge in [0.2, 0.25) is 5.91 Å². The summed E-state index contributed by atoms with van der Waals surface area (Å²) in [6.45, 7) is 6.58. The second-order valence-corrected chi connectivity index (χ2v) is 7.36. The Morgan fingerprint density at radius 1 is 1.33 bits per heavy atom. The normalized spacial score (nSPS) is 25.4. The van der Waals surface area contributed by atoms with Crippen LogP contribution in [0.5, 0.6) is 0 Å². The standard InChI is InChI=1S/C16H22ClN3O/c1-10-15(21)18-12-4-5-13(17)19-14(12)20(10)11-6-8-16(2,3)9-7-11/h4-5,10-11H,6-9H2,1-3H3,(H,18,21)/t10-/m1/s1. The van der Waals surface area contributed by atoms with Crippen molar-refractivity contribution < 1.29 is 4.79 Å². The smallest absolute Gasteiger partial charge is 0.246 e. The van der Waals surface area contributed by atoms with Gasteiger partial charge in [-0.3, -0.25) is 4.79 Å². The Bertz CT molecular complexity index is 563. The molecular formula is C16H22ClN3O. The maximum Gasteiger partial charge on any atom is 0.246 e. The third-order valence-corrected chi connectivity index (χ3v) is 5.05. The van der Waals surface area contributed by atoms with Crippen molar-refractivity contribution in [2.75, 3.05) is 10.2 Å². The number of halogens is 1. The summed E-state index contributed by atoms with van der Waals surface area (Å²) in [5.74, 6) is 0.857. The van der Waals surface area contributed by atoms with Crippen molar-refractivity contribution in [1.29, 1.82) is 0 Å². The van der Waals surface area contributed by atoms with Crippen LogP contribution in [0.25, 0.3) is 0 Å². The maximum absolute atomic E-state index is 12.2. The third-order valence-electron chi connectivity index (χ3n) is 4.84. The molecule has 1 aromatic rings. The quantitative estimate of drug-likeness (QED) is 0.802. The summed E-state index contributed by atoms with van der Waals surface area (Å²) in [5.41, 5.74) is 1.18.